The summed E-state index contributed by atoms with van der Waals surface area (Å²) in [5.41, 5.74) is 2.74. The molecule has 0 aliphatic carbocycles. The van der Waals surface area contributed by atoms with Crippen LogP contribution in [-0.4, -0.2) is 54.2 Å². The van der Waals surface area contributed by atoms with Gasteiger partial charge in [0.2, 0.25) is 0 Å². The van der Waals surface area contributed by atoms with Gasteiger partial charge in [-0.05, 0) is 43.2 Å². The van der Waals surface area contributed by atoms with E-state index in [0.29, 0.717) is 30.1 Å². The van der Waals surface area contributed by atoms with E-state index in [4.69, 9.17) is 4.74 Å². The Morgan fingerprint density at radius 3 is 2.45 bits per heavy atom. The molecule has 2 heterocycles. The van der Waals surface area contributed by atoms with Gasteiger partial charge in [0.1, 0.15) is 5.75 Å². The Labute approximate surface area is 181 Å². The topological polar surface area (TPSA) is 78.5 Å². The fourth-order valence-electron chi connectivity index (χ4n) is 3.98. The number of benzene rings is 2. The van der Waals surface area contributed by atoms with Crippen LogP contribution in [0.5, 0.6) is 5.75 Å². The molecular weight excluding hydrogens is 392 g/mol. The quantitative estimate of drug-likeness (QED) is 0.685. The summed E-state index contributed by atoms with van der Waals surface area (Å²) in [4.78, 5) is 29.1. The highest BCUT2D eigenvalue weighted by atomic mass is 16.5. The van der Waals surface area contributed by atoms with Crippen molar-refractivity contribution >= 4 is 17.5 Å². The van der Waals surface area contributed by atoms with Crippen molar-refractivity contribution in [2.45, 2.75) is 18.8 Å². The summed E-state index contributed by atoms with van der Waals surface area (Å²) < 4.78 is 5.33. The van der Waals surface area contributed by atoms with Gasteiger partial charge in [0.25, 0.3) is 11.8 Å². The minimum atomic E-state index is -0.155. The summed E-state index contributed by atoms with van der Waals surface area (Å²) >= 11 is 0. The number of hydrogen-bond donors (Lipinski definition) is 1. The number of amides is 2. The van der Waals surface area contributed by atoms with Crippen LogP contribution in [0.25, 0.3) is 0 Å². The Morgan fingerprint density at radius 2 is 1.74 bits per heavy atom. The molecule has 31 heavy (non-hydrogen) atoms. The molecule has 1 fully saturated rings. The van der Waals surface area contributed by atoms with Crippen LogP contribution in [0.2, 0.25) is 0 Å². The van der Waals surface area contributed by atoms with Crippen molar-refractivity contribution in [2.24, 2.45) is 0 Å². The van der Waals surface area contributed by atoms with Crippen molar-refractivity contribution in [2.75, 3.05) is 32.1 Å². The van der Waals surface area contributed by atoms with Gasteiger partial charge in [-0.1, -0.05) is 30.3 Å². The third-order valence-corrected chi connectivity index (χ3v) is 5.82. The third kappa shape index (κ3) is 4.30. The predicted molar refractivity (Wildman–Crippen MR) is 119 cm³/mol. The standard InChI is InChI=1S/C24H26N4O3/c1-27(18-8-4-3-5-9-18)24(30)21-16-20(25-26-21)17-12-14-28(15-13-17)23(29)19-10-6-7-11-22(19)31-2/h3-11,16-17H,12-15H2,1-2H3,(H,25,26). The SMILES string of the molecule is COc1ccccc1C(=O)N1CCC(c2cc(C(=O)N(C)c3ccccc3)n[nH]2)CC1. The highest BCUT2D eigenvalue weighted by molar-refractivity contribution is 6.04. The number of piperidine rings is 1. The average Bonchev–Trinajstić information content (AvgIpc) is 3.33. The van der Waals surface area contributed by atoms with Crippen LogP contribution in [0.15, 0.2) is 60.7 Å². The average molecular weight is 418 g/mol. The number of aromatic nitrogens is 2. The lowest BCUT2D eigenvalue weighted by Gasteiger charge is -2.31. The molecule has 1 aliphatic heterocycles. The van der Waals surface area contributed by atoms with E-state index >= 15 is 0 Å². The van der Waals surface area contributed by atoms with Crippen LogP contribution >= 0.6 is 0 Å². The maximum atomic E-state index is 12.9. The number of nitrogens with one attached hydrogen (secondary N) is 1. The first-order valence-electron chi connectivity index (χ1n) is 10.4. The second kappa shape index (κ2) is 9.04. The van der Waals surface area contributed by atoms with Crippen molar-refractivity contribution < 1.29 is 14.3 Å². The molecule has 1 N–H and O–H groups in total. The zero-order valence-corrected chi connectivity index (χ0v) is 17.7. The van der Waals surface area contributed by atoms with Gasteiger partial charge in [-0.15, -0.1) is 0 Å². The van der Waals surface area contributed by atoms with Crippen LogP contribution in [0.3, 0.4) is 0 Å². The summed E-state index contributed by atoms with van der Waals surface area (Å²) in [6.07, 6.45) is 1.62. The molecular formula is C24H26N4O3. The van der Waals surface area contributed by atoms with E-state index in [9.17, 15) is 9.59 Å². The summed E-state index contributed by atoms with van der Waals surface area (Å²) in [6.45, 7) is 1.29. The summed E-state index contributed by atoms with van der Waals surface area (Å²) in [5, 5.41) is 7.28. The Kier molecular flexibility index (Phi) is 6.02. The van der Waals surface area contributed by atoms with Crippen molar-refractivity contribution in [3.05, 3.63) is 77.6 Å². The number of likely N-dealkylation sites (tertiary alicyclic amines) is 1. The fraction of sp³-hybridized carbons (Fsp3) is 0.292. The second-order valence-corrected chi connectivity index (χ2v) is 7.68. The number of para-hydroxylation sites is 2. The molecule has 3 aromatic rings. The number of ether oxygens (including phenoxy) is 1. The number of carbonyl (C=O) groups excluding carboxylic acids is 2. The Bertz CT molecular complexity index is 1060. The Hall–Kier alpha value is -3.61. The summed E-state index contributed by atoms with van der Waals surface area (Å²) in [6, 6.07) is 18.6. The fourth-order valence-corrected chi connectivity index (χ4v) is 3.98. The number of nitrogens with zero attached hydrogens (tertiary/aromatic N) is 3. The van der Waals surface area contributed by atoms with Gasteiger partial charge in [-0.25, -0.2) is 0 Å². The van der Waals surface area contributed by atoms with Crippen LogP contribution in [-0.2, 0) is 0 Å². The molecule has 0 unspecified atom stereocenters. The van der Waals surface area contributed by atoms with Crippen LogP contribution in [0.1, 0.15) is 45.3 Å². The first-order valence-corrected chi connectivity index (χ1v) is 10.4. The molecule has 0 saturated carbocycles. The zero-order chi connectivity index (χ0) is 21.8. The van der Waals surface area contributed by atoms with Gasteiger partial charge < -0.3 is 14.5 Å². The van der Waals surface area contributed by atoms with Crippen molar-refractivity contribution in [1.82, 2.24) is 15.1 Å². The summed E-state index contributed by atoms with van der Waals surface area (Å²) in [7, 11) is 3.32. The third-order valence-electron chi connectivity index (χ3n) is 5.82. The van der Waals surface area contributed by atoms with Crippen molar-refractivity contribution in [3.8, 4) is 5.75 Å². The van der Waals surface area contributed by atoms with E-state index in [2.05, 4.69) is 10.2 Å². The maximum absolute atomic E-state index is 12.9. The number of anilines is 1. The largest absolute Gasteiger partial charge is 0.496 e. The molecule has 0 atom stereocenters. The van der Waals surface area contributed by atoms with E-state index in [1.807, 2.05) is 53.4 Å². The predicted octanol–water partition coefficient (Wildman–Crippen LogP) is 3.71. The molecule has 7 heteroatoms. The molecule has 1 aliphatic rings. The van der Waals surface area contributed by atoms with Gasteiger partial charge in [0, 0.05) is 37.4 Å². The van der Waals surface area contributed by atoms with Crippen LogP contribution in [0.4, 0.5) is 5.69 Å². The van der Waals surface area contributed by atoms with Gasteiger partial charge in [0.05, 0.1) is 12.7 Å². The van der Waals surface area contributed by atoms with E-state index in [0.717, 1.165) is 24.2 Å². The molecule has 1 saturated heterocycles. The minimum absolute atomic E-state index is 0.0131. The zero-order valence-electron chi connectivity index (χ0n) is 17.7. The highest BCUT2D eigenvalue weighted by Crippen LogP contribution is 2.29. The van der Waals surface area contributed by atoms with Crippen molar-refractivity contribution in [1.29, 1.82) is 0 Å². The van der Waals surface area contributed by atoms with Crippen LogP contribution in [0, 0.1) is 0 Å². The van der Waals surface area contributed by atoms with E-state index < -0.39 is 0 Å². The Balaban J connectivity index is 1.39. The molecule has 0 bridgehead atoms. The molecule has 0 radical (unpaired) electrons. The van der Waals surface area contributed by atoms with Crippen molar-refractivity contribution in [3.63, 3.8) is 0 Å². The summed E-state index contributed by atoms with van der Waals surface area (Å²) in [5.74, 6) is 0.657. The van der Waals surface area contributed by atoms with E-state index in [-0.39, 0.29) is 17.7 Å². The molecule has 2 aromatic carbocycles. The first-order chi connectivity index (χ1) is 15.1. The smallest absolute Gasteiger partial charge is 0.278 e. The maximum Gasteiger partial charge on any atom is 0.278 e. The number of hydrogen-bond acceptors (Lipinski definition) is 4. The molecule has 0 spiro atoms. The molecule has 1 aromatic heterocycles. The lowest BCUT2D eigenvalue weighted by atomic mass is 9.93. The highest BCUT2D eigenvalue weighted by Gasteiger charge is 2.28. The monoisotopic (exact) mass is 418 g/mol. The first kappa shape index (κ1) is 20.7. The number of rotatable bonds is 5. The lowest BCUT2D eigenvalue weighted by Crippen LogP contribution is -2.38. The number of carbonyl (C=O) groups is 2. The Morgan fingerprint density at radius 1 is 1.06 bits per heavy atom. The van der Waals surface area contributed by atoms with Gasteiger partial charge >= 0.3 is 0 Å². The minimum Gasteiger partial charge on any atom is -0.496 e. The molecule has 2 amide bonds. The van der Waals surface area contributed by atoms with Gasteiger partial charge in [-0.2, -0.15) is 5.10 Å². The number of H-pyrrole nitrogens is 1. The lowest BCUT2D eigenvalue weighted by molar-refractivity contribution is 0.0708. The number of aromatic amines is 1. The molecule has 4 rings (SSSR count). The second-order valence-electron chi connectivity index (χ2n) is 7.68. The van der Waals surface area contributed by atoms with Gasteiger partial charge in [0.15, 0.2) is 5.69 Å². The molecule has 160 valence electrons. The van der Waals surface area contributed by atoms with E-state index in [1.54, 1.807) is 31.2 Å². The van der Waals surface area contributed by atoms with Crippen LogP contribution < -0.4 is 9.64 Å². The van der Waals surface area contributed by atoms with E-state index in [1.165, 1.54) is 0 Å². The molecule has 7 nitrogen and oxygen atoms in total. The number of methoxy groups -OCH3 is 1. The van der Waals surface area contributed by atoms with Gasteiger partial charge in [-0.3, -0.25) is 14.7 Å². The normalized spacial score (nSPS) is 14.3.